The summed E-state index contributed by atoms with van der Waals surface area (Å²) in [5.74, 6) is -0.454. The molecule has 0 spiro atoms. The molecule has 0 aromatic carbocycles. The largest absolute Gasteiger partial charge is 0.369 e. The standard InChI is InChI=1S/C13H19N3O2/c1-9-4-5-10(13(14)18)8-16(9)12(17)7-11-3-2-6-15-11/h2-3,6,9-10,15H,4-5,7-8H2,1H3,(H2,14,18). The number of nitrogens with two attached hydrogens (primary N) is 1. The first kappa shape index (κ1) is 12.7. The van der Waals surface area contributed by atoms with Crippen LogP contribution in [-0.4, -0.2) is 34.3 Å². The normalized spacial score (nSPS) is 23.9. The van der Waals surface area contributed by atoms with Gasteiger partial charge in [0.1, 0.15) is 0 Å². The Hall–Kier alpha value is -1.78. The Morgan fingerprint density at radius 2 is 2.28 bits per heavy atom. The number of hydrogen-bond donors (Lipinski definition) is 2. The summed E-state index contributed by atoms with van der Waals surface area (Å²) in [5, 5.41) is 0. The number of carbonyl (C=O) groups is 2. The van der Waals surface area contributed by atoms with E-state index in [4.69, 9.17) is 5.73 Å². The van der Waals surface area contributed by atoms with Crippen LogP contribution in [0.3, 0.4) is 0 Å². The zero-order chi connectivity index (χ0) is 13.1. The Kier molecular flexibility index (Phi) is 3.69. The number of aromatic nitrogens is 1. The Morgan fingerprint density at radius 3 is 2.89 bits per heavy atom. The third-order valence-corrected chi connectivity index (χ3v) is 3.61. The molecule has 0 aliphatic carbocycles. The topological polar surface area (TPSA) is 79.2 Å². The molecule has 98 valence electrons. The predicted octanol–water partition coefficient (Wildman–Crippen LogP) is 0.670. The first-order valence-corrected chi connectivity index (χ1v) is 6.29. The monoisotopic (exact) mass is 249 g/mol. The fraction of sp³-hybridized carbons (Fsp3) is 0.538. The van der Waals surface area contributed by atoms with Crippen molar-refractivity contribution in [2.45, 2.75) is 32.2 Å². The van der Waals surface area contributed by atoms with E-state index in [0.29, 0.717) is 13.0 Å². The number of amides is 2. The van der Waals surface area contributed by atoms with Crippen molar-refractivity contribution in [1.29, 1.82) is 0 Å². The summed E-state index contributed by atoms with van der Waals surface area (Å²) >= 11 is 0. The van der Waals surface area contributed by atoms with Crippen molar-refractivity contribution in [3.8, 4) is 0 Å². The second-order valence-electron chi connectivity index (χ2n) is 4.94. The molecule has 2 amide bonds. The summed E-state index contributed by atoms with van der Waals surface area (Å²) in [6, 6.07) is 3.94. The first-order chi connectivity index (χ1) is 8.58. The van der Waals surface area contributed by atoms with E-state index >= 15 is 0 Å². The van der Waals surface area contributed by atoms with Crippen LogP contribution < -0.4 is 5.73 Å². The number of H-pyrrole nitrogens is 1. The Labute approximate surface area is 106 Å². The second-order valence-corrected chi connectivity index (χ2v) is 4.94. The average molecular weight is 249 g/mol. The van der Waals surface area contributed by atoms with Crippen LogP contribution in [0.1, 0.15) is 25.5 Å². The van der Waals surface area contributed by atoms with Crippen LogP contribution in [0.25, 0.3) is 0 Å². The fourth-order valence-corrected chi connectivity index (χ4v) is 2.43. The highest BCUT2D eigenvalue weighted by molar-refractivity contribution is 5.81. The number of nitrogens with one attached hydrogen (secondary N) is 1. The fourth-order valence-electron chi connectivity index (χ4n) is 2.43. The van der Waals surface area contributed by atoms with Crippen molar-refractivity contribution < 1.29 is 9.59 Å². The lowest BCUT2D eigenvalue weighted by atomic mass is 9.92. The third kappa shape index (κ3) is 2.72. The Balaban J connectivity index is 2.01. The highest BCUT2D eigenvalue weighted by Crippen LogP contribution is 2.22. The maximum atomic E-state index is 12.2. The van der Waals surface area contributed by atoms with Crippen molar-refractivity contribution in [3.63, 3.8) is 0 Å². The summed E-state index contributed by atoms with van der Waals surface area (Å²) in [6.07, 6.45) is 3.77. The maximum absolute atomic E-state index is 12.2. The summed E-state index contributed by atoms with van der Waals surface area (Å²) in [5.41, 5.74) is 6.22. The molecule has 5 heteroatoms. The molecular formula is C13H19N3O2. The lowest BCUT2D eigenvalue weighted by Gasteiger charge is -2.36. The Bertz CT molecular complexity index is 427. The minimum atomic E-state index is -0.306. The molecule has 2 heterocycles. The van der Waals surface area contributed by atoms with Crippen LogP contribution in [0, 0.1) is 5.92 Å². The van der Waals surface area contributed by atoms with E-state index < -0.39 is 0 Å². The summed E-state index contributed by atoms with van der Waals surface area (Å²) < 4.78 is 0. The molecule has 3 N–H and O–H groups in total. The van der Waals surface area contributed by atoms with Gasteiger partial charge in [-0.15, -0.1) is 0 Å². The molecule has 0 saturated carbocycles. The van der Waals surface area contributed by atoms with E-state index in [2.05, 4.69) is 4.98 Å². The SMILES string of the molecule is CC1CCC(C(N)=O)CN1C(=O)Cc1ccc[nH]1. The van der Waals surface area contributed by atoms with E-state index in [0.717, 1.165) is 18.5 Å². The number of rotatable bonds is 3. The number of carbonyl (C=O) groups excluding carboxylic acids is 2. The quantitative estimate of drug-likeness (QED) is 0.825. The first-order valence-electron chi connectivity index (χ1n) is 6.29. The van der Waals surface area contributed by atoms with E-state index in [1.54, 1.807) is 11.1 Å². The lowest BCUT2D eigenvalue weighted by Crippen LogP contribution is -2.49. The highest BCUT2D eigenvalue weighted by atomic mass is 16.2. The van der Waals surface area contributed by atoms with Crippen LogP contribution in [0.2, 0.25) is 0 Å². The molecule has 1 aliphatic rings. The van der Waals surface area contributed by atoms with E-state index in [9.17, 15) is 9.59 Å². The van der Waals surface area contributed by atoms with Gasteiger partial charge in [0, 0.05) is 24.5 Å². The van der Waals surface area contributed by atoms with Gasteiger partial charge in [0.25, 0.3) is 0 Å². The highest BCUT2D eigenvalue weighted by Gasteiger charge is 2.31. The molecular weight excluding hydrogens is 230 g/mol. The van der Waals surface area contributed by atoms with Gasteiger partial charge >= 0.3 is 0 Å². The molecule has 0 bridgehead atoms. The molecule has 1 aliphatic heterocycles. The third-order valence-electron chi connectivity index (χ3n) is 3.61. The number of primary amides is 1. The van der Waals surface area contributed by atoms with Crippen LogP contribution in [-0.2, 0) is 16.0 Å². The van der Waals surface area contributed by atoms with Gasteiger partial charge in [-0.05, 0) is 31.9 Å². The second kappa shape index (κ2) is 5.25. The number of nitrogens with zero attached hydrogens (tertiary/aromatic N) is 1. The maximum Gasteiger partial charge on any atom is 0.228 e. The summed E-state index contributed by atoms with van der Waals surface area (Å²) in [7, 11) is 0. The van der Waals surface area contributed by atoms with Crippen molar-refractivity contribution in [2.75, 3.05) is 6.54 Å². The number of aromatic amines is 1. The smallest absolute Gasteiger partial charge is 0.228 e. The Morgan fingerprint density at radius 1 is 1.50 bits per heavy atom. The molecule has 2 rings (SSSR count). The molecule has 1 aromatic heterocycles. The number of hydrogen-bond acceptors (Lipinski definition) is 2. The van der Waals surface area contributed by atoms with Crippen molar-refractivity contribution in [3.05, 3.63) is 24.0 Å². The van der Waals surface area contributed by atoms with Crippen LogP contribution in [0.15, 0.2) is 18.3 Å². The van der Waals surface area contributed by atoms with Gasteiger partial charge < -0.3 is 15.6 Å². The summed E-state index contributed by atoms with van der Waals surface area (Å²) in [6.45, 7) is 2.47. The minimum absolute atomic E-state index is 0.0518. The molecule has 1 aromatic rings. The summed E-state index contributed by atoms with van der Waals surface area (Å²) in [4.78, 5) is 28.2. The van der Waals surface area contributed by atoms with Crippen molar-refractivity contribution in [1.82, 2.24) is 9.88 Å². The van der Waals surface area contributed by atoms with Crippen molar-refractivity contribution in [2.24, 2.45) is 11.7 Å². The van der Waals surface area contributed by atoms with Crippen LogP contribution in [0.4, 0.5) is 0 Å². The molecule has 1 fully saturated rings. The molecule has 2 atom stereocenters. The van der Waals surface area contributed by atoms with Gasteiger partial charge in [0.15, 0.2) is 0 Å². The zero-order valence-electron chi connectivity index (χ0n) is 10.6. The van der Waals surface area contributed by atoms with E-state index in [-0.39, 0.29) is 23.8 Å². The molecule has 18 heavy (non-hydrogen) atoms. The van der Waals surface area contributed by atoms with Gasteiger partial charge in [-0.2, -0.15) is 0 Å². The van der Waals surface area contributed by atoms with Crippen LogP contribution >= 0.6 is 0 Å². The van der Waals surface area contributed by atoms with E-state index in [1.165, 1.54) is 0 Å². The number of piperidine rings is 1. The lowest BCUT2D eigenvalue weighted by molar-refractivity contribution is -0.137. The van der Waals surface area contributed by atoms with Gasteiger partial charge in [0.05, 0.1) is 12.3 Å². The number of likely N-dealkylation sites (tertiary alicyclic amines) is 1. The van der Waals surface area contributed by atoms with Gasteiger partial charge in [0.2, 0.25) is 11.8 Å². The molecule has 1 saturated heterocycles. The van der Waals surface area contributed by atoms with Crippen LogP contribution in [0.5, 0.6) is 0 Å². The van der Waals surface area contributed by atoms with Gasteiger partial charge in [-0.3, -0.25) is 9.59 Å². The van der Waals surface area contributed by atoms with E-state index in [1.807, 2.05) is 19.1 Å². The van der Waals surface area contributed by atoms with Gasteiger partial charge in [-0.1, -0.05) is 0 Å². The zero-order valence-corrected chi connectivity index (χ0v) is 10.6. The molecule has 2 unspecified atom stereocenters. The van der Waals surface area contributed by atoms with Crippen molar-refractivity contribution >= 4 is 11.8 Å². The van der Waals surface area contributed by atoms with Gasteiger partial charge in [-0.25, -0.2) is 0 Å². The minimum Gasteiger partial charge on any atom is -0.369 e. The molecule has 0 radical (unpaired) electrons. The molecule has 5 nitrogen and oxygen atoms in total. The average Bonchev–Trinajstić information content (AvgIpc) is 2.81. The predicted molar refractivity (Wildman–Crippen MR) is 67.6 cm³/mol.